The molecule has 1 aromatic rings. The van der Waals surface area contributed by atoms with E-state index in [0.717, 1.165) is 6.07 Å². The van der Waals surface area contributed by atoms with E-state index in [1.807, 2.05) is 0 Å². The zero-order valence-electron chi connectivity index (χ0n) is 6.94. The molecule has 1 rings (SSSR count). The number of nitrogen functional groups attached to an aromatic ring is 1. The number of carbonyl (C=O) groups is 1. The van der Waals surface area contributed by atoms with Crippen LogP contribution in [-0.2, 0) is 4.74 Å². The van der Waals surface area contributed by atoms with Gasteiger partial charge in [-0.05, 0) is 6.07 Å². The molecule has 0 heterocycles. The maximum Gasteiger partial charge on any atom is 0.341 e. The van der Waals surface area contributed by atoms with Gasteiger partial charge in [0.05, 0.1) is 7.11 Å². The van der Waals surface area contributed by atoms with Crippen molar-refractivity contribution < 1.29 is 19.7 Å². The molecule has 0 aliphatic rings. The Bertz CT molecular complexity index is 348. The number of phenolic OH excluding ortho intramolecular Hbond substituents is 2. The van der Waals surface area contributed by atoms with Crippen molar-refractivity contribution >= 4 is 11.7 Å². The van der Waals surface area contributed by atoms with E-state index in [0.29, 0.717) is 0 Å². The SMILES string of the molecule is COC(=O)c1cc(N)cc(O)c1O. The van der Waals surface area contributed by atoms with Gasteiger partial charge in [0, 0.05) is 11.8 Å². The summed E-state index contributed by atoms with van der Waals surface area (Å²) < 4.78 is 4.36. The predicted octanol–water partition coefficient (Wildman–Crippen LogP) is 0.467. The van der Waals surface area contributed by atoms with Gasteiger partial charge < -0.3 is 20.7 Å². The van der Waals surface area contributed by atoms with Gasteiger partial charge >= 0.3 is 5.97 Å². The fraction of sp³-hybridized carbons (Fsp3) is 0.125. The summed E-state index contributed by atoms with van der Waals surface area (Å²) in [6, 6.07) is 2.36. The first-order valence-corrected chi connectivity index (χ1v) is 3.46. The summed E-state index contributed by atoms with van der Waals surface area (Å²) in [6.07, 6.45) is 0. The summed E-state index contributed by atoms with van der Waals surface area (Å²) >= 11 is 0. The topological polar surface area (TPSA) is 92.8 Å². The molecule has 0 fully saturated rings. The number of aromatic hydroxyl groups is 2. The molecular formula is C8H9NO4. The molecule has 0 unspecified atom stereocenters. The lowest BCUT2D eigenvalue weighted by Gasteiger charge is -2.05. The molecule has 5 heteroatoms. The zero-order chi connectivity index (χ0) is 10.0. The molecule has 4 N–H and O–H groups in total. The van der Waals surface area contributed by atoms with Gasteiger partial charge in [-0.15, -0.1) is 0 Å². The van der Waals surface area contributed by atoms with E-state index in [4.69, 9.17) is 10.8 Å². The lowest BCUT2D eigenvalue weighted by molar-refractivity contribution is 0.0597. The van der Waals surface area contributed by atoms with Crippen molar-refractivity contribution in [3.05, 3.63) is 17.7 Å². The van der Waals surface area contributed by atoms with Gasteiger partial charge in [0.15, 0.2) is 11.5 Å². The van der Waals surface area contributed by atoms with Crippen LogP contribution < -0.4 is 5.73 Å². The highest BCUT2D eigenvalue weighted by molar-refractivity contribution is 5.94. The van der Waals surface area contributed by atoms with Crippen molar-refractivity contribution in [2.45, 2.75) is 0 Å². The quantitative estimate of drug-likeness (QED) is 0.254. The highest BCUT2D eigenvalue weighted by Crippen LogP contribution is 2.31. The van der Waals surface area contributed by atoms with Gasteiger partial charge in [0.25, 0.3) is 0 Å². The van der Waals surface area contributed by atoms with E-state index >= 15 is 0 Å². The number of phenols is 2. The summed E-state index contributed by atoms with van der Waals surface area (Å²) in [5.41, 5.74) is 5.37. The first kappa shape index (κ1) is 9.18. The molecule has 0 radical (unpaired) electrons. The second-order valence-corrected chi connectivity index (χ2v) is 2.43. The van der Waals surface area contributed by atoms with Crippen LogP contribution in [0.2, 0.25) is 0 Å². The fourth-order valence-corrected chi connectivity index (χ4v) is 0.906. The summed E-state index contributed by atoms with van der Waals surface area (Å²) in [7, 11) is 1.17. The molecule has 0 amide bonds. The molecule has 0 aliphatic carbocycles. The van der Waals surface area contributed by atoms with E-state index in [1.165, 1.54) is 13.2 Å². The van der Waals surface area contributed by atoms with Crippen LogP contribution in [-0.4, -0.2) is 23.3 Å². The van der Waals surface area contributed by atoms with E-state index < -0.39 is 17.5 Å². The Morgan fingerprint density at radius 2 is 2.08 bits per heavy atom. The molecule has 0 saturated heterocycles. The van der Waals surface area contributed by atoms with Gasteiger partial charge in [0.2, 0.25) is 0 Å². The maximum atomic E-state index is 11.0. The smallest absolute Gasteiger partial charge is 0.341 e. The largest absolute Gasteiger partial charge is 0.504 e. The van der Waals surface area contributed by atoms with Crippen molar-refractivity contribution in [1.29, 1.82) is 0 Å². The van der Waals surface area contributed by atoms with Crippen molar-refractivity contribution in [2.24, 2.45) is 0 Å². The number of anilines is 1. The van der Waals surface area contributed by atoms with Crippen LogP contribution in [0, 0.1) is 0 Å². The lowest BCUT2D eigenvalue weighted by Crippen LogP contribution is -2.02. The van der Waals surface area contributed by atoms with Crippen molar-refractivity contribution in [3.8, 4) is 11.5 Å². The molecule has 0 aliphatic heterocycles. The number of nitrogens with two attached hydrogens (primary N) is 1. The molecule has 0 bridgehead atoms. The third kappa shape index (κ3) is 1.64. The van der Waals surface area contributed by atoms with Crippen LogP contribution in [0.4, 0.5) is 5.69 Å². The molecular weight excluding hydrogens is 174 g/mol. The Morgan fingerprint density at radius 3 is 2.62 bits per heavy atom. The van der Waals surface area contributed by atoms with Crippen LogP contribution in [0.25, 0.3) is 0 Å². The number of esters is 1. The average molecular weight is 183 g/mol. The third-order valence-electron chi connectivity index (χ3n) is 1.52. The monoisotopic (exact) mass is 183 g/mol. The van der Waals surface area contributed by atoms with Gasteiger partial charge in [-0.3, -0.25) is 0 Å². The van der Waals surface area contributed by atoms with Gasteiger partial charge in [-0.2, -0.15) is 0 Å². The number of rotatable bonds is 1. The predicted molar refractivity (Wildman–Crippen MR) is 45.5 cm³/mol. The van der Waals surface area contributed by atoms with Gasteiger partial charge in [-0.1, -0.05) is 0 Å². The standard InChI is InChI=1S/C8H9NO4/c1-13-8(12)5-2-4(9)3-6(10)7(5)11/h2-3,10-11H,9H2,1H3. The number of ether oxygens (including phenoxy) is 1. The minimum atomic E-state index is -0.750. The van der Waals surface area contributed by atoms with E-state index in [2.05, 4.69) is 4.74 Å². The third-order valence-corrected chi connectivity index (χ3v) is 1.52. The van der Waals surface area contributed by atoms with Crippen molar-refractivity contribution in [2.75, 3.05) is 12.8 Å². The summed E-state index contributed by atoms with van der Waals surface area (Å²) in [5.74, 6) is -1.72. The number of carbonyl (C=O) groups excluding carboxylic acids is 1. The first-order chi connectivity index (χ1) is 6.06. The fourth-order valence-electron chi connectivity index (χ4n) is 0.906. The van der Waals surface area contributed by atoms with Crippen LogP contribution >= 0.6 is 0 Å². The van der Waals surface area contributed by atoms with Crippen LogP contribution in [0.3, 0.4) is 0 Å². The number of benzene rings is 1. The Labute approximate surface area is 74.4 Å². The molecule has 70 valence electrons. The highest BCUT2D eigenvalue weighted by Gasteiger charge is 2.15. The molecule has 0 aromatic heterocycles. The number of hydrogen-bond acceptors (Lipinski definition) is 5. The lowest BCUT2D eigenvalue weighted by atomic mass is 10.1. The Balaban J connectivity index is 3.28. The minimum Gasteiger partial charge on any atom is -0.504 e. The van der Waals surface area contributed by atoms with E-state index in [1.54, 1.807) is 0 Å². The van der Waals surface area contributed by atoms with Gasteiger partial charge in [-0.25, -0.2) is 4.79 Å². The molecule has 0 saturated carbocycles. The molecule has 13 heavy (non-hydrogen) atoms. The Morgan fingerprint density at radius 1 is 1.46 bits per heavy atom. The molecule has 5 nitrogen and oxygen atoms in total. The van der Waals surface area contributed by atoms with E-state index in [-0.39, 0.29) is 11.3 Å². The summed E-state index contributed by atoms with van der Waals surface area (Å²) in [5, 5.41) is 18.3. The van der Waals surface area contributed by atoms with E-state index in [9.17, 15) is 9.90 Å². The zero-order valence-corrected chi connectivity index (χ0v) is 6.94. The molecule has 0 atom stereocenters. The summed E-state index contributed by atoms with van der Waals surface area (Å²) in [4.78, 5) is 11.0. The average Bonchev–Trinajstić information content (AvgIpc) is 2.10. The maximum absolute atomic E-state index is 11.0. The van der Waals surface area contributed by atoms with Crippen LogP contribution in [0.15, 0.2) is 12.1 Å². The van der Waals surface area contributed by atoms with Crippen LogP contribution in [0.1, 0.15) is 10.4 Å². The Kier molecular flexibility index (Phi) is 2.27. The second kappa shape index (κ2) is 3.22. The van der Waals surface area contributed by atoms with Crippen LogP contribution in [0.5, 0.6) is 11.5 Å². The number of hydrogen-bond donors (Lipinski definition) is 3. The summed E-state index contributed by atoms with van der Waals surface area (Å²) in [6.45, 7) is 0. The Hall–Kier alpha value is -1.91. The number of methoxy groups -OCH3 is 1. The molecule has 1 aromatic carbocycles. The second-order valence-electron chi connectivity index (χ2n) is 2.43. The highest BCUT2D eigenvalue weighted by atomic mass is 16.5. The van der Waals surface area contributed by atoms with Gasteiger partial charge in [0.1, 0.15) is 5.56 Å². The van der Waals surface area contributed by atoms with Crippen molar-refractivity contribution in [1.82, 2.24) is 0 Å². The molecule has 0 spiro atoms. The minimum absolute atomic E-state index is 0.153. The normalized spacial score (nSPS) is 9.62. The van der Waals surface area contributed by atoms with Crippen molar-refractivity contribution in [3.63, 3.8) is 0 Å². The first-order valence-electron chi connectivity index (χ1n) is 3.46.